The Morgan fingerprint density at radius 1 is 1.16 bits per heavy atom. The Hall–Kier alpha value is -3.59. The minimum absolute atomic E-state index is 0.0520. The third kappa shape index (κ3) is 5.13. The molecule has 31 heavy (non-hydrogen) atoms. The number of hydrogen-bond donors (Lipinski definition) is 2. The van der Waals surface area contributed by atoms with Crippen LogP contribution in [0.15, 0.2) is 58.4 Å². The summed E-state index contributed by atoms with van der Waals surface area (Å²) in [5.74, 6) is -1.95. The van der Waals surface area contributed by atoms with Crippen molar-refractivity contribution in [3.63, 3.8) is 0 Å². The molecule has 160 valence electrons. The molecule has 0 bridgehead atoms. The first-order valence-corrected chi connectivity index (χ1v) is 10.2. The summed E-state index contributed by atoms with van der Waals surface area (Å²) in [4.78, 5) is 41.2. The topological polar surface area (TPSA) is 117 Å². The number of benzene rings is 2. The van der Waals surface area contributed by atoms with Gasteiger partial charge in [0.25, 0.3) is 5.91 Å². The highest BCUT2D eigenvalue weighted by molar-refractivity contribution is 8.18. The van der Waals surface area contributed by atoms with Gasteiger partial charge in [0.1, 0.15) is 5.75 Å². The molecule has 3 rings (SSSR count). The maximum atomic E-state index is 12.6. The standard InChI is InChI=1S/C22H20N2O6S/c1-3-17(21(28)29)30-14-10-8-13(9-11-14)12-18-19(25)24(2)22(31-18)23-16-7-5-4-6-15(16)20(26)27/h4-12,17H,3H2,1-2H3,(H,26,27)(H,28,29)/b18-12-,23-22?. The first-order chi connectivity index (χ1) is 14.8. The number of para-hydroxylation sites is 1. The van der Waals surface area contributed by atoms with Gasteiger partial charge in [-0.3, -0.25) is 9.69 Å². The summed E-state index contributed by atoms with van der Waals surface area (Å²) >= 11 is 1.14. The molecular formula is C22H20N2O6S. The third-order valence-corrected chi connectivity index (χ3v) is 5.52. The van der Waals surface area contributed by atoms with Crippen LogP contribution in [-0.2, 0) is 9.59 Å². The number of aliphatic carboxylic acids is 1. The Morgan fingerprint density at radius 2 is 1.84 bits per heavy atom. The van der Waals surface area contributed by atoms with Crippen molar-refractivity contribution in [2.24, 2.45) is 4.99 Å². The van der Waals surface area contributed by atoms with Crippen molar-refractivity contribution >= 4 is 46.5 Å². The molecule has 0 saturated carbocycles. The zero-order valence-corrected chi connectivity index (χ0v) is 17.6. The van der Waals surface area contributed by atoms with E-state index in [1.165, 1.54) is 11.0 Å². The summed E-state index contributed by atoms with van der Waals surface area (Å²) in [6.45, 7) is 1.73. The van der Waals surface area contributed by atoms with Crippen molar-refractivity contribution in [3.8, 4) is 5.75 Å². The molecule has 8 nitrogen and oxygen atoms in total. The van der Waals surface area contributed by atoms with Crippen molar-refractivity contribution in [3.05, 3.63) is 64.6 Å². The van der Waals surface area contributed by atoms with Crippen LogP contribution in [0.25, 0.3) is 6.08 Å². The minimum Gasteiger partial charge on any atom is -0.479 e. The number of carbonyl (C=O) groups excluding carboxylic acids is 1. The third-order valence-electron chi connectivity index (χ3n) is 4.46. The van der Waals surface area contributed by atoms with Crippen LogP contribution in [0.1, 0.15) is 29.3 Å². The minimum atomic E-state index is -1.09. The molecule has 0 aromatic heterocycles. The van der Waals surface area contributed by atoms with E-state index >= 15 is 0 Å². The molecule has 1 atom stereocenters. The predicted molar refractivity (Wildman–Crippen MR) is 118 cm³/mol. The second kappa shape index (κ2) is 9.48. The lowest BCUT2D eigenvalue weighted by molar-refractivity contribution is -0.145. The van der Waals surface area contributed by atoms with E-state index < -0.39 is 18.0 Å². The van der Waals surface area contributed by atoms with Gasteiger partial charge in [0, 0.05) is 7.05 Å². The molecule has 1 unspecified atom stereocenters. The highest BCUT2D eigenvalue weighted by Gasteiger charge is 2.30. The zero-order chi connectivity index (χ0) is 22.5. The molecule has 2 aromatic carbocycles. The maximum absolute atomic E-state index is 12.6. The van der Waals surface area contributed by atoms with Gasteiger partial charge in [-0.2, -0.15) is 0 Å². The molecule has 0 spiro atoms. The van der Waals surface area contributed by atoms with Crippen LogP contribution in [-0.4, -0.2) is 51.3 Å². The van der Waals surface area contributed by atoms with Gasteiger partial charge >= 0.3 is 11.9 Å². The van der Waals surface area contributed by atoms with E-state index in [0.29, 0.717) is 22.2 Å². The number of likely N-dealkylation sites (N-methyl/N-ethyl adjacent to an activating group) is 1. The monoisotopic (exact) mass is 440 g/mol. The molecule has 0 aliphatic carbocycles. The smallest absolute Gasteiger partial charge is 0.344 e. The highest BCUT2D eigenvalue weighted by atomic mass is 32.2. The van der Waals surface area contributed by atoms with Gasteiger partial charge in [-0.25, -0.2) is 14.6 Å². The Morgan fingerprint density at radius 3 is 2.45 bits per heavy atom. The first-order valence-electron chi connectivity index (χ1n) is 9.38. The zero-order valence-electron chi connectivity index (χ0n) is 16.8. The molecule has 1 aliphatic rings. The van der Waals surface area contributed by atoms with Gasteiger partial charge in [0.2, 0.25) is 0 Å². The van der Waals surface area contributed by atoms with E-state index in [4.69, 9.17) is 9.84 Å². The van der Waals surface area contributed by atoms with E-state index in [-0.39, 0.29) is 17.2 Å². The molecule has 2 N–H and O–H groups in total. The number of carboxylic acid groups (broad SMARTS) is 2. The summed E-state index contributed by atoms with van der Waals surface area (Å²) in [7, 11) is 1.58. The van der Waals surface area contributed by atoms with Gasteiger partial charge in [-0.15, -0.1) is 0 Å². The van der Waals surface area contributed by atoms with E-state index in [2.05, 4.69) is 4.99 Å². The van der Waals surface area contributed by atoms with Crippen molar-refractivity contribution in [1.82, 2.24) is 4.90 Å². The fraction of sp³-hybridized carbons (Fsp3) is 0.182. The number of aromatic carboxylic acids is 1. The predicted octanol–water partition coefficient (Wildman–Crippen LogP) is 3.86. The molecule has 2 aromatic rings. The second-order valence-corrected chi connectivity index (χ2v) is 7.62. The summed E-state index contributed by atoms with van der Waals surface area (Å²) in [6, 6.07) is 13.1. The van der Waals surface area contributed by atoms with Crippen LogP contribution >= 0.6 is 11.8 Å². The number of nitrogens with zero attached hydrogens (tertiary/aromatic N) is 2. The molecule has 1 aliphatic heterocycles. The number of ether oxygens (including phenoxy) is 1. The highest BCUT2D eigenvalue weighted by Crippen LogP contribution is 2.34. The number of hydrogen-bond acceptors (Lipinski definition) is 6. The SMILES string of the molecule is CCC(Oc1ccc(/C=C2\SC(=Nc3ccccc3C(=O)O)N(C)C2=O)cc1)C(=O)O. The number of rotatable bonds is 7. The summed E-state index contributed by atoms with van der Waals surface area (Å²) < 4.78 is 5.43. The van der Waals surface area contributed by atoms with Crippen molar-refractivity contribution < 1.29 is 29.3 Å². The van der Waals surface area contributed by atoms with Gasteiger partial charge in [0.15, 0.2) is 11.3 Å². The number of aliphatic imine (C=N–C) groups is 1. The van der Waals surface area contributed by atoms with Crippen molar-refractivity contribution in [2.75, 3.05) is 7.05 Å². The van der Waals surface area contributed by atoms with Crippen LogP contribution in [0.2, 0.25) is 0 Å². The van der Waals surface area contributed by atoms with E-state index in [9.17, 15) is 19.5 Å². The Kier molecular flexibility index (Phi) is 6.76. The van der Waals surface area contributed by atoms with Gasteiger partial charge in [0.05, 0.1) is 16.2 Å². The number of amides is 1. The quantitative estimate of drug-likeness (QED) is 0.628. The van der Waals surface area contributed by atoms with Gasteiger partial charge in [-0.1, -0.05) is 31.2 Å². The first kappa shape index (κ1) is 22.1. The lowest BCUT2D eigenvalue weighted by Gasteiger charge is -2.13. The van der Waals surface area contributed by atoms with Gasteiger partial charge < -0.3 is 14.9 Å². The van der Waals surface area contributed by atoms with Crippen LogP contribution in [0, 0.1) is 0 Å². The number of carboxylic acids is 2. The maximum Gasteiger partial charge on any atom is 0.344 e. The Labute approximate surface area is 182 Å². The molecule has 9 heteroatoms. The Balaban J connectivity index is 1.81. The summed E-state index contributed by atoms with van der Waals surface area (Å²) in [5.41, 5.74) is 1.05. The second-order valence-electron chi connectivity index (χ2n) is 6.61. The fourth-order valence-corrected chi connectivity index (χ4v) is 3.75. The van der Waals surface area contributed by atoms with E-state index in [1.807, 2.05) is 0 Å². The Bertz CT molecular complexity index is 1080. The molecule has 0 radical (unpaired) electrons. The molecule has 1 fully saturated rings. The average molecular weight is 440 g/mol. The van der Waals surface area contributed by atoms with E-state index in [0.717, 1.165) is 17.3 Å². The van der Waals surface area contributed by atoms with Crippen molar-refractivity contribution in [2.45, 2.75) is 19.4 Å². The number of amidine groups is 1. The van der Waals surface area contributed by atoms with Crippen LogP contribution in [0.3, 0.4) is 0 Å². The van der Waals surface area contributed by atoms with Crippen LogP contribution in [0.5, 0.6) is 5.75 Å². The summed E-state index contributed by atoms with van der Waals surface area (Å²) in [5, 5.41) is 18.8. The fourth-order valence-electron chi connectivity index (χ4n) is 2.77. The van der Waals surface area contributed by atoms with E-state index in [1.54, 1.807) is 62.5 Å². The largest absolute Gasteiger partial charge is 0.479 e. The van der Waals surface area contributed by atoms with Crippen LogP contribution in [0.4, 0.5) is 5.69 Å². The van der Waals surface area contributed by atoms with Crippen molar-refractivity contribution in [1.29, 1.82) is 0 Å². The lowest BCUT2D eigenvalue weighted by Crippen LogP contribution is -2.25. The molecular weight excluding hydrogens is 420 g/mol. The molecule has 1 heterocycles. The lowest BCUT2D eigenvalue weighted by atomic mass is 10.2. The summed E-state index contributed by atoms with van der Waals surface area (Å²) in [6.07, 6.45) is 1.11. The molecule has 1 amide bonds. The number of carbonyl (C=O) groups is 3. The average Bonchev–Trinajstić information content (AvgIpc) is 3.01. The van der Waals surface area contributed by atoms with Crippen LogP contribution < -0.4 is 4.74 Å². The molecule has 1 saturated heterocycles. The van der Waals surface area contributed by atoms with Gasteiger partial charge in [-0.05, 0) is 54.1 Å². The normalized spacial score (nSPS) is 17.2. The number of thioether (sulfide) groups is 1.